The number of methoxy groups -OCH3 is 1. The molecule has 2 rings (SSSR count). The van der Waals surface area contributed by atoms with Gasteiger partial charge in [-0.2, -0.15) is 0 Å². The molecular weight excluding hydrogens is 188 g/mol. The van der Waals surface area contributed by atoms with Crippen molar-refractivity contribution in [3.63, 3.8) is 0 Å². The summed E-state index contributed by atoms with van der Waals surface area (Å²) in [7, 11) is 1.70. The van der Waals surface area contributed by atoms with Gasteiger partial charge in [-0.3, -0.25) is 0 Å². The Bertz CT molecular complexity index is 348. The van der Waals surface area contributed by atoms with Crippen molar-refractivity contribution in [2.45, 2.75) is 31.6 Å². The van der Waals surface area contributed by atoms with E-state index in [0.717, 1.165) is 18.6 Å². The number of aryl methyl sites for hydroxylation is 1. The van der Waals surface area contributed by atoms with Crippen molar-refractivity contribution in [1.29, 1.82) is 0 Å². The predicted molar refractivity (Wildman–Crippen MR) is 60.3 cm³/mol. The van der Waals surface area contributed by atoms with Gasteiger partial charge in [0.25, 0.3) is 0 Å². The van der Waals surface area contributed by atoms with Crippen molar-refractivity contribution < 1.29 is 9.84 Å². The molecule has 1 aliphatic carbocycles. The Morgan fingerprint density at radius 1 is 1.40 bits per heavy atom. The van der Waals surface area contributed by atoms with E-state index in [4.69, 9.17) is 4.74 Å². The molecule has 1 aliphatic rings. The maximum atomic E-state index is 9.52. The first-order chi connectivity index (χ1) is 7.22. The SMILES string of the molecule is COc1cc(C)ccc1C1(CO)CCC1. The molecule has 0 spiro atoms. The Labute approximate surface area is 90.9 Å². The van der Waals surface area contributed by atoms with Crippen LogP contribution in [0.1, 0.15) is 30.4 Å². The second-order valence-corrected chi connectivity index (χ2v) is 4.50. The number of hydrogen-bond donors (Lipinski definition) is 1. The molecule has 0 saturated heterocycles. The van der Waals surface area contributed by atoms with Crippen molar-refractivity contribution in [2.24, 2.45) is 0 Å². The number of aliphatic hydroxyl groups is 1. The zero-order valence-electron chi connectivity index (χ0n) is 9.42. The minimum absolute atomic E-state index is 0.0287. The molecule has 2 heteroatoms. The lowest BCUT2D eigenvalue weighted by Gasteiger charge is -2.41. The Morgan fingerprint density at radius 2 is 2.13 bits per heavy atom. The van der Waals surface area contributed by atoms with E-state index in [9.17, 15) is 5.11 Å². The Kier molecular flexibility index (Phi) is 2.70. The largest absolute Gasteiger partial charge is 0.496 e. The third-order valence-electron chi connectivity index (χ3n) is 3.54. The molecule has 0 radical (unpaired) electrons. The molecule has 0 unspecified atom stereocenters. The molecule has 1 aromatic carbocycles. The van der Waals surface area contributed by atoms with Crippen molar-refractivity contribution in [1.82, 2.24) is 0 Å². The van der Waals surface area contributed by atoms with Crippen LogP contribution in [0.3, 0.4) is 0 Å². The van der Waals surface area contributed by atoms with Crippen LogP contribution in [0.5, 0.6) is 5.75 Å². The number of hydrogen-bond acceptors (Lipinski definition) is 2. The maximum Gasteiger partial charge on any atom is 0.122 e. The van der Waals surface area contributed by atoms with Crippen LogP contribution in [0.4, 0.5) is 0 Å². The molecule has 0 atom stereocenters. The lowest BCUT2D eigenvalue weighted by molar-refractivity contribution is 0.117. The fraction of sp³-hybridized carbons (Fsp3) is 0.538. The van der Waals surface area contributed by atoms with Crippen LogP contribution in [0.25, 0.3) is 0 Å². The van der Waals surface area contributed by atoms with E-state index in [0.29, 0.717) is 0 Å². The number of benzene rings is 1. The van der Waals surface area contributed by atoms with Crippen molar-refractivity contribution in [3.05, 3.63) is 29.3 Å². The summed E-state index contributed by atoms with van der Waals surface area (Å²) < 4.78 is 5.40. The lowest BCUT2D eigenvalue weighted by Crippen LogP contribution is -2.38. The highest BCUT2D eigenvalue weighted by Gasteiger charge is 2.40. The molecule has 1 aromatic rings. The molecule has 82 valence electrons. The second-order valence-electron chi connectivity index (χ2n) is 4.50. The van der Waals surface area contributed by atoms with Crippen molar-refractivity contribution in [2.75, 3.05) is 13.7 Å². The predicted octanol–water partition coefficient (Wildman–Crippen LogP) is 2.42. The van der Waals surface area contributed by atoms with Crippen LogP contribution in [0.15, 0.2) is 18.2 Å². The summed E-state index contributed by atoms with van der Waals surface area (Å²) in [5.74, 6) is 0.920. The van der Waals surface area contributed by atoms with Gasteiger partial charge in [-0.1, -0.05) is 18.6 Å². The molecule has 2 nitrogen and oxygen atoms in total. The van der Waals surface area contributed by atoms with E-state index in [2.05, 4.69) is 19.1 Å². The minimum atomic E-state index is -0.0287. The summed E-state index contributed by atoms with van der Waals surface area (Å²) in [6, 6.07) is 6.24. The highest BCUT2D eigenvalue weighted by atomic mass is 16.5. The molecule has 0 aliphatic heterocycles. The van der Waals surface area contributed by atoms with E-state index in [1.54, 1.807) is 7.11 Å². The van der Waals surface area contributed by atoms with E-state index in [-0.39, 0.29) is 12.0 Å². The van der Waals surface area contributed by atoms with Gasteiger partial charge in [0.2, 0.25) is 0 Å². The number of rotatable bonds is 3. The van der Waals surface area contributed by atoms with Crippen LogP contribution < -0.4 is 4.74 Å². The molecule has 15 heavy (non-hydrogen) atoms. The first kappa shape index (κ1) is 10.5. The Hall–Kier alpha value is -1.02. The molecule has 0 aromatic heterocycles. The molecule has 1 N–H and O–H groups in total. The fourth-order valence-corrected chi connectivity index (χ4v) is 2.35. The van der Waals surface area contributed by atoms with Crippen molar-refractivity contribution >= 4 is 0 Å². The summed E-state index contributed by atoms with van der Waals surface area (Å²) >= 11 is 0. The van der Waals surface area contributed by atoms with Gasteiger partial charge in [0.15, 0.2) is 0 Å². The van der Waals surface area contributed by atoms with Gasteiger partial charge in [-0.05, 0) is 31.4 Å². The van der Waals surface area contributed by atoms with E-state index >= 15 is 0 Å². The van der Waals surface area contributed by atoms with E-state index < -0.39 is 0 Å². The first-order valence-electron chi connectivity index (χ1n) is 5.48. The van der Waals surface area contributed by atoms with Gasteiger partial charge in [-0.15, -0.1) is 0 Å². The normalized spacial score (nSPS) is 18.3. The number of aliphatic hydroxyl groups excluding tert-OH is 1. The van der Waals surface area contributed by atoms with Crippen molar-refractivity contribution in [3.8, 4) is 5.75 Å². The standard InChI is InChI=1S/C13H18O2/c1-10-4-5-11(12(8-10)15-2)13(9-14)6-3-7-13/h4-5,8,14H,3,6-7,9H2,1-2H3. The van der Waals surface area contributed by atoms with Gasteiger partial charge in [-0.25, -0.2) is 0 Å². The third kappa shape index (κ3) is 1.63. The summed E-state index contributed by atoms with van der Waals surface area (Å²) in [4.78, 5) is 0. The average molecular weight is 206 g/mol. The lowest BCUT2D eigenvalue weighted by atomic mass is 9.64. The van der Waals surface area contributed by atoms with Crippen LogP contribution in [0, 0.1) is 6.92 Å². The van der Waals surface area contributed by atoms with Crippen LogP contribution >= 0.6 is 0 Å². The fourth-order valence-electron chi connectivity index (χ4n) is 2.35. The van der Waals surface area contributed by atoms with Crippen LogP contribution in [-0.2, 0) is 5.41 Å². The highest BCUT2D eigenvalue weighted by molar-refractivity contribution is 5.43. The monoisotopic (exact) mass is 206 g/mol. The third-order valence-corrected chi connectivity index (χ3v) is 3.54. The van der Waals surface area contributed by atoms with Gasteiger partial charge in [0, 0.05) is 11.0 Å². The molecule has 0 heterocycles. The summed E-state index contributed by atoms with van der Waals surface area (Å²) in [6.07, 6.45) is 3.35. The van der Waals surface area contributed by atoms with Gasteiger partial charge in [0.1, 0.15) is 5.75 Å². The van der Waals surface area contributed by atoms with Gasteiger partial charge in [0.05, 0.1) is 13.7 Å². The maximum absolute atomic E-state index is 9.52. The zero-order valence-corrected chi connectivity index (χ0v) is 9.42. The van der Waals surface area contributed by atoms with Gasteiger partial charge >= 0.3 is 0 Å². The summed E-state index contributed by atoms with van der Waals surface area (Å²) in [6.45, 7) is 2.28. The smallest absolute Gasteiger partial charge is 0.122 e. The molecular formula is C13H18O2. The molecule has 0 amide bonds. The highest BCUT2D eigenvalue weighted by Crippen LogP contribution is 2.46. The van der Waals surface area contributed by atoms with E-state index in [1.165, 1.54) is 17.5 Å². The topological polar surface area (TPSA) is 29.5 Å². The first-order valence-corrected chi connectivity index (χ1v) is 5.48. The van der Waals surface area contributed by atoms with Crippen LogP contribution in [0.2, 0.25) is 0 Å². The Balaban J connectivity index is 2.42. The van der Waals surface area contributed by atoms with Gasteiger partial charge < -0.3 is 9.84 Å². The summed E-state index contributed by atoms with van der Waals surface area (Å²) in [5, 5.41) is 9.52. The Morgan fingerprint density at radius 3 is 2.60 bits per heavy atom. The average Bonchev–Trinajstić information content (AvgIpc) is 2.19. The zero-order chi connectivity index (χ0) is 10.9. The van der Waals surface area contributed by atoms with E-state index in [1.807, 2.05) is 6.07 Å². The molecule has 1 fully saturated rings. The molecule has 1 saturated carbocycles. The molecule has 0 bridgehead atoms. The number of ether oxygens (including phenoxy) is 1. The summed E-state index contributed by atoms with van der Waals surface area (Å²) in [5.41, 5.74) is 2.34. The van der Waals surface area contributed by atoms with Crippen LogP contribution in [-0.4, -0.2) is 18.8 Å². The minimum Gasteiger partial charge on any atom is -0.496 e. The second kappa shape index (κ2) is 3.86. The quantitative estimate of drug-likeness (QED) is 0.823.